The summed E-state index contributed by atoms with van der Waals surface area (Å²) in [6.45, 7) is 6.29. The van der Waals surface area contributed by atoms with Gasteiger partial charge in [-0.15, -0.1) is 0 Å². The van der Waals surface area contributed by atoms with E-state index in [-0.39, 0.29) is 18.6 Å². The smallest absolute Gasteiger partial charge is 0.220 e. The van der Waals surface area contributed by atoms with Crippen LogP contribution in [0.15, 0.2) is 24.3 Å². The summed E-state index contributed by atoms with van der Waals surface area (Å²) in [7, 11) is 0. The Kier molecular flexibility index (Phi) is 7.56. The monoisotopic (exact) mass is 287 g/mol. The van der Waals surface area contributed by atoms with Gasteiger partial charge in [-0.2, -0.15) is 0 Å². The molecule has 114 valence electrons. The van der Waals surface area contributed by atoms with Crippen molar-refractivity contribution in [3.63, 3.8) is 0 Å². The van der Waals surface area contributed by atoms with Crippen LogP contribution in [0.1, 0.15) is 57.2 Å². The second-order valence-corrected chi connectivity index (χ2v) is 5.62. The number of benzene rings is 1. The van der Waals surface area contributed by atoms with Gasteiger partial charge < -0.3 is 10.4 Å². The SMILES string of the molecule is CC(C)CCC(=O)NC(C)c1cccc(C#CCCO)c1. The number of hydrogen-bond donors (Lipinski definition) is 2. The topological polar surface area (TPSA) is 49.3 Å². The normalized spacial score (nSPS) is 11.7. The van der Waals surface area contributed by atoms with Crippen LogP contribution in [0.5, 0.6) is 0 Å². The minimum atomic E-state index is -0.0238. The van der Waals surface area contributed by atoms with Crippen LogP contribution < -0.4 is 5.32 Å². The molecule has 0 saturated carbocycles. The predicted octanol–water partition coefficient (Wildman–Crippen LogP) is 3.03. The molecule has 0 fully saturated rings. The van der Waals surface area contributed by atoms with Crippen molar-refractivity contribution >= 4 is 5.91 Å². The largest absolute Gasteiger partial charge is 0.395 e. The zero-order valence-electron chi connectivity index (χ0n) is 13.1. The lowest BCUT2D eigenvalue weighted by atomic mass is 10.0. The van der Waals surface area contributed by atoms with Crippen LogP contribution in [0.2, 0.25) is 0 Å². The highest BCUT2D eigenvalue weighted by Gasteiger charge is 2.10. The zero-order chi connectivity index (χ0) is 15.7. The van der Waals surface area contributed by atoms with Gasteiger partial charge in [0.15, 0.2) is 0 Å². The Labute approximate surface area is 127 Å². The van der Waals surface area contributed by atoms with E-state index >= 15 is 0 Å². The molecule has 1 unspecified atom stereocenters. The number of rotatable bonds is 6. The summed E-state index contributed by atoms with van der Waals surface area (Å²) >= 11 is 0. The van der Waals surface area contributed by atoms with Gasteiger partial charge in [0.05, 0.1) is 12.6 Å². The maximum Gasteiger partial charge on any atom is 0.220 e. The van der Waals surface area contributed by atoms with Crippen molar-refractivity contribution in [1.82, 2.24) is 5.32 Å². The molecule has 0 bridgehead atoms. The van der Waals surface area contributed by atoms with Gasteiger partial charge in [-0.1, -0.05) is 37.8 Å². The second kappa shape index (κ2) is 9.20. The molecule has 0 aliphatic rings. The molecule has 3 heteroatoms. The van der Waals surface area contributed by atoms with E-state index in [1.807, 2.05) is 31.2 Å². The van der Waals surface area contributed by atoms with Gasteiger partial charge in [0.2, 0.25) is 5.91 Å². The first-order valence-electron chi connectivity index (χ1n) is 7.52. The molecule has 1 aromatic rings. The van der Waals surface area contributed by atoms with Crippen molar-refractivity contribution in [2.45, 2.75) is 46.1 Å². The van der Waals surface area contributed by atoms with Crippen LogP contribution in [0, 0.1) is 17.8 Å². The van der Waals surface area contributed by atoms with Gasteiger partial charge in [-0.05, 0) is 37.0 Å². The van der Waals surface area contributed by atoms with Gasteiger partial charge in [-0.25, -0.2) is 0 Å². The molecule has 0 aliphatic heterocycles. The molecular formula is C18H25NO2. The lowest BCUT2D eigenvalue weighted by molar-refractivity contribution is -0.122. The van der Waals surface area contributed by atoms with E-state index in [1.165, 1.54) is 0 Å². The van der Waals surface area contributed by atoms with Crippen molar-refractivity contribution in [1.29, 1.82) is 0 Å². The maximum atomic E-state index is 11.9. The van der Waals surface area contributed by atoms with Crippen molar-refractivity contribution < 1.29 is 9.90 Å². The fraction of sp³-hybridized carbons (Fsp3) is 0.500. The minimum Gasteiger partial charge on any atom is -0.395 e. The van der Waals surface area contributed by atoms with E-state index in [0.717, 1.165) is 17.5 Å². The molecule has 0 aliphatic carbocycles. The summed E-state index contributed by atoms with van der Waals surface area (Å²) in [6, 6.07) is 7.82. The van der Waals surface area contributed by atoms with Crippen molar-refractivity contribution in [2.24, 2.45) is 5.92 Å². The van der Waals surface area contributed by atoms with E-state index in [0.29, 0.717) is 18.8 Å². The summed E-state index contributed by atoms with van der Waals surface area (Å²) in [5.74, 6) is 6.54. The Hall–Kier alpha value is -1.79. The van der Waals surface area contributed by atoms with E-state index in [4.69, 9.17) is 5.11 Å². The first-order valence-corrected chi connectivity index (χ1v) is 7.52. The number of aliphatic hydroxyl groups excluding tert-OH is 1. The standard InChI is InChI=1S/C18H25NO2/c1-14(2)10-11-18(21)19-15(3)17-9-6-8-16(13-17)7-4-5-12-20/h6,8-9,13-15,20H,5,10-12H2,1-3H3,(H,19,21). The lowest BCUT2D eigenvalue weighted by Crippen LogP contribution is -2.26. The van der Waals surface area contributed by atoms with Crippen LogP contribution in [0.25, 0.3) is 0 Å². The summed E-state index contributed by atoms with van der Waals surface area (Å²) in [4.78, 5) is 11.9. The molecule has 0 radical (unpaired) electrons. The van der Waals surface area contributed by atoms with Gasteiger partial charge >= 0.3 is 0 Å². The van der Waals surface area contributed by atoms with Crippen molar-refractivity contribution in [3.05, 3.63) is 35.4 Å². The fourth-order valence-corrected chi connectivity index (χ4v) is 1.92. The lowest BCUT2D eigenvalue weighted by Gasteiger charge is -2.15. The highest BCUT2D eigenvalue weighted by Crippen LogP contribution is 2.14. The second-order valence-electron chi connectivity index (χ2n) is 5.62. The quantitative estimate of drug-likeness (QED) is 0.790. The van der Waals surface area contributed by atoms with Crippen LogP contribution >= 0.6 is 0 Å². The van der Waals surface area contributed by atoms with Crippen LogP contribution in [0.4, 0.5) is 0 Å². The average molecular weight is 287 g/mol. The number of carbonyl (C=O) groups excluding carboxylic acids is 1. The first kappa shape index (κ1) is 17.3. The molecule has 21 heavy (non-hydrogen) atoms. The Balaban J connectivity index is 2.62. The van der Waals surface area contributed by atoms with Gasteiger partial charge in [0, 0.05) is 18.4 Å². The Morgan fingerprint density at radius 3 is 2.76 bits per heavy atom. The van der Waals surface area contributed by atoms with Gasteiger partial charge in [-0.3, -0.25) is 4.79 Å². The maximum absolute atomic E-state index is 11.9. The molecule has 0 saturated heterocycles. The van der Waals surface area contributed by atoms with E-state index < -0.39 is 0 Å². The predicted molar refractivity (Wildman–Crippen MR) is 85.7 cm³/mol. The summed E-state index contributed by atoms with van der Waals surface area (Å²) < 4.78 is 0. The molecular weight excluding hydrogens is 262 g/mol. The molecule has 2 N–H and O–H groups in total. The third-order valence-corrected chi connectivity index (χ3v) is 3.18. The summed E-state index contributed by atoms with van der Waals surface area (Å²) in [6.07, 6.45) is 1.95. The molecule has 1 rings (SSSR count). The molecule has 1 aromatic carbocycles. The van der Waals surface area contributed by atoms with Crippen LogP contribution in [-0.2, 0) is 4.79 Å². The summed E-state index contributed by atoms with van der Waals surface area (Å²) in [5.41, 5.74) is 1.95. The van der Waals surface area contributed by atoms with Crippen LogP contribution in [0.3, 0.4) is 0 Å². The molecule has 0 heterocycles. The highest BCUT2D eigenvalue weighted by molar-refractivity contribution is 5.76. The number of hydrogen-bond acceptors (Lipinski definition) is 2. The third-order valence-electron chi connectivity index (χ3n) is 3.18. The summed E-state index contributed by atoms with van der Waals surface area (Å²) in [5, 5.41) is 11.7. The Morgan fingerprint density at radius 2 is 2.10 bits per heavy atom. The molecule has 0 aromatic heterocycles. The molecule has 1 atom stereocenters. The number of nitrogens with one attached hydrogen (secondary N) is 1. The number of carbonyl (C=O) groups is 1. The number of amides is 1. The Morgan fingerprint density at radius 1 is 1.33 bits per heavy atom. The van der Waals surface area contributed by atoms with E-state index in [9.17, 15) is 4.79 Å². The number of aliphatic hydroxyl groups is 1. The van der Waals surface area contributed by atoms with Crippen molar-refractivity contribution in [2.75, 3.05) is 6.61 Å². The third kappa shape index (κ3) is 6.97. The minimum absolute atomic E-state index is 0.0238. The van der Waals surface area contributed by atoms with E-state index in [1.54, 1.807) is 0 Å². The van der Waals surface area contributed by atoms with Crippen LogP contribution in [-0.4, -0.2) is 17.6 Å². The first-order chi connectivity index (χ1) is 10.0. The fourth-order valence-electron chi connectivity index (χ4n) is 1.92. The molecule has 1 amide bonds. The van der Waals surface area contributed by atoms with Gasteiger partial charge in [0.25, 0.3) is 0 Å². The highest BCUT2D eigenvalue weighted by atomic mass is 16.2. The zero-order valence-corrected chi connectivity index (χ0v) is 13.1. The van der Waals surface area contributed by atoms with Crippen molar-refractivity contribution in [3.8, 4) is 11.8 Å². The Bertz CT molecular complexity index is 511. The molecule has 3 nitrogen and oxygen atoms in total. The molecule has 0 spiro atoms. The van der Waals surface area contributed by atoms with Gasteiger partial charge in [0.1, 0.15) is 0 Å². The average Bonchev–Trinajstić information content (AvgIpc) is 2.46. The van der Waals surface area contributed by atoms with E-state index in [2.05, 4.69) is 31.0 Å².